The van der Waals surface area contributed by atoms with Crippen molar-refractivity contribution >= 4 is 0 Å². The quantitative estimate of drug-likeness (QED) is 0.911. The molecule has 0 bridgehead atoms. The lowest BCUT2D eigenvalue weighted by Gasteiger charge is -2.12. The van der Waals surface area contributed by atoms with E-state index in [0.717, 1.165) is 19.0 Å². The molecule has 1 N–H and O–H groups in total. The van der Waals surface area contributed by atoms with Gasteiger partial charge in [-0.25, -0.2) is 4.68 Å². The van der Waals surface area contributed by atoms with Gasteiger partial charge in [0.2, 0.25) is 0 Å². The van der Waals surface area contributed by atoms with Gasteiger partial charge in [-0.1, -0.05) is 12.1 Å². The van der Waals surface area contributed by atoms with E-state index in [4.69, 9.17) is 0 Å². The zero-order chi connectivity index (χ0) is 12.7. The van der Waals surface area contributed by atoms with Crippen LogP contribution in [0.5, 0.6) is 0 Å². The Labute approximate surface area is 113 Å². The van der Waals surface area contributed by atoms with E-state index in [1.807, 2.05) is 6.20 Å². The molecule has 1 saturated heterocycles. The summed E-state index contributed by atoms with van der Waals surface area (Å²) in [4.78, 5) is 0. The lowest BCUT2D eigenvalue weighted by Crippen LogP contribution is -2.08. The van der Waals surface area contributed by atoms with E-state index in [1.165, 1.54) is 36.2 Å². The van der Waals surface area contributed by atoms with Crippen LogP contribution < -0.4 is 5.32 Å². The van der Waals surface area contributed by atoms with Crippen LogP contribution in [-0.4, -0.2) is 22.9 Å². The maximum absolute atomic E-state index is 4.52. The Morgan fingerprint density at radius 2 is 2.05 bits per heavy atom. The summed E-state index contributed by atoms with van der Waals surface area (Å²) in [6.07, 6.45) is 5.81. The summed E-state index contributed by atoms with van der Waals surface area (Å²) >= 11 is 0. The summed E-state index contributed by atoms with van der Waals surface area (Å²) in [7, 11) is 0. The molecule has 1 atom stereocenters. The maximum atomic E-state index is 4.52. The number of rotatable bonds is 3. The van der Waals surface area contributed by atoms with Crippen molar-refractivity contribution in [3.63, 3.8) is 0 Å². The minimum Gasteiger partial charge on any atom is -0.316 e. The van der Waals surface area contributed by atoms with Crippen LogP contribution in [0.4, 0.5) is 0 Å². The molecular formula is C16H19N3. The van der Waals surface area contributed by atoms with Crippen molar-refractivity contribution in [3.05, 3.63) is 47.8 Å². The summed E-state index contributed by atoms with van der Waals surface area (Å²) < 4.78 is 2.13. The number of benzene rings is 1. The Kier molecular flexibility index (Phi) is 2.66. The summed E-state index contributed by atoms with van der Waals surface area (Å²) in [5.74, 6) is 1.40. The van der Waals surface area contributed by atoms with Gasteiger partial charge in [0.25, 0.3) is 0 Å². The molecule has 1 aromatic carbocycles. The highest BCUT2D eigenvalue weighted by Crippen LogP contribution is 2.40. The van der Waals surface area contributed by atoms with Crippen molar-refractivity contribution in [1.82, 2.24) is 15.1 Å². The van der Waals surface area contributed by atoms with Crippen LogP contribution in [0, 0.1) is 0 Å². The van der Waals surface area contributed by atoms with Gasteiger partial charge in [0, 0.05) is 24.4 Å². The Balaban J connectivity index is 1.70. The van der Waals surface area contributed by atoms with Crippen molar-refractivity contribution in [3.8, 4) is 5.69 Å². The van der Waals surface area contributed by atoms with Gasteiger partial charge in [0.1, 0.15) is 0 Å². The number of nitrogens with zero attached hydrogens (tertiary/aromatic N) is 2. The molecule has 98 valence electrons. The first-order chi connectivity index (χ1) is 9.42. The molecule has 1 aliphatic heterocycles. The second kappa shape index (κ2) is 4.49. The standard InChI is InChI=1S/C16H19N3/c1-2-13(14-6-8-17-11-14)10-15(3-1)19-16(7-9-18-19)12-4-5-12/h1-3,7,9-10,12,14,17H,4-6,8,11H2. The van der Waals surface area contributed by atoms with Crippen molar-refractivity contribution in [1.29, 1.82) is 0 Å². The van der Waals surface area contributed by atoms with E-state index in [0.29, 0.717) is 5.92 Å². The third kappa shape index (κ3) is 2.08. The molecule has 3 heteroatoms. The predicted octanol–water partition coefficient (Wildman–Crippen LogP) is 2.83. The van der Waals surface area contributed by atoms with Gasteiger partial charge in [0.05, 0.1) is 5.69 Å². The van der Waals surface area contributed by atoms with Crippen LogP contribution in [-0.2, 0) is 0 Å². The van der Waals surface area contributed by atoms with Crippen LogP contribution >= 0.6 is 0 Å². The molecule has 2 aromatic rings. The number of aromatic nitrogens is 2. The summed E-state index contributed by atoms with van der Waals surface area (Å²) in [5, 5.41) is 7.96. The molecule has 2 heterocycles. The second-order valence-electron chi connectivity index (χ2n) is 5.73. The van der Waals surface area contributed by atoms with E-state index in [-0.39, 0.29) is 0 Å². The molecule has 1 aromatic heterocycles. The lowest BCUT2D eigenvalue weighted by molar-refractivity contribution is 0.755. The Morgan fingerprint density at radius 1 is 1.11 bits per heavy atom. The molecule has 2 fully saturated rings. The zero-order valence-corrected chi connectivity index (χ0v) is 11.0. The summed E-state index contributed by atoms with van der Waals surface area (Å²) in [6.45, 7) is 2.25. The first kappa shape index (κ1) is 11.2. The normalized spacial score (nSPS) is 22.8. The number of hydrogen-bond acceptors (Lipinski definition) is 2. The average molecular weight is 253 g/mol. The fraction of sp³-hybridized carbons (Fsp3) is 0.438. The summed E-state index contributed by atoms with van der Waals surface area (Å²) in [6, 6.07) is 11.1. The first-order valence-corrected chi connectivity index (χ1v) is 7.27. The van der Waals surface area contributed by atoms with Crippen molar-refractivity contribution in [2.24, 2.45) is 0 Å². The minimum absolute atomic E-state index is 0.667. The van der Waals surface area contributed by atoms with Gasteiger partial charge in [0.15, 0.2) is 0 Å². The molecule has 1 saturated carbocycles. The molecular weight excluding hydrogens is 234 g/mol. The maximum Gasteiger partial charge on any atom is 0.0651 e. The predicted molar refractivity (Wildman–Crippen MR) is 75.8 cm³/mol. The smallest absolute Gasteiger partial charge is 0.0651 e. The van der Waals surface area contributed by atoms with Crippen LogP contribution in [0.25, 0.3) is 5.69 Å². The van der Waals surface area contributed by atoms with E-state index in [9.17, 15) is 0 Å². The average Bonchev–Trinajstić information content (AvgIpc) is 2.97. The first-order valence-electron chi connectivity index (χ1n) is 7.27. The minimum atomic E-state index is 0.667. The fourth-order valence-electron chi connectivity index (χ4n) is 3.07. The van der Waals surface area contributed by atoms with E-state index in [1.54, 1.807) is 0 Å². The third-order valence-electron chi connectivity index (χ3n) is 4.31. The SMILES string of the molecule is c1cc(C2CCNC2)cc(-n2nccc2C2CC2)c1. The van der Waals surface area contributed by atoms with Gasteiger partial charge in [-0.05, 0) is 55.5 Å². The summed E-state index contributed by atoms with van der Waals surface area (Å²) in [5.41, 5.74) is 4.04. The number of nitrogens with one attached hydrogen (secondary N) is 1. The zero-order valence-electron chi connectivity index (χ0n) is 11.0. The van der Waals surface area contributed by atoms with Gasteiger partial charge in [-0.3, -0.25) is 0 Å². The molecule has 0 amide bonds. The van der Waals surface area contributed by atoms with Crippen LogP contribution in [0.2, 0.25) is 0 Å². The van der Waals surface area contributed by atoms with E-state index in [2.05, 4.69) is 45.4 Å². The van der Waals surface area contributed by atoms with Gasteiger partial charge in [-0.2, -0.15) is 5.10 Å². The molecule has 2 aliphatic rings. The largest absolute Gasteiger partial charge is 0.316 e. The van der Waals surface area contributed by atoms with Gasteiger partial charge < -0.3 is 5.32 Å². The van der Waals surface area contributed by atoms with Crippen LogP contribution in [0.1, 0.15) is 42.4 Å². The van der Waals surface area contributed by atoms with E-state index >= 15 is 0 Å². The topological polar surface area (TPSA) is 29.9 Å². The Morgan fingerprint density at radius 3 is 2.84 bits per heavy atom. The molecule has 4 rings (SSSR count). The van der Waals surface area contributed by atoms with Gasteiger partial charge in [-0.15, -0.1) is 0 Å². The van der Waals surface area contributed by atoms with Crippen molar-refractivity contribution < 1.29 is 0 Å². The Hall–Kier alpha value is -1.61. The molecule has 1 aliphatic carbocycles. The van der Waals surface area contributed by atoms with Crippen molar-refractivity contribution in [2.45, 2.75) is 31.1 Å². The second-order valence-corrected chi connectivity index (χ2v) is 5.73. The van der Waals surface area contributed by atoms with Crippen LogP contribution in [0.15, 0.2) is 36.5 Å². The monoisotopic (exact) mass is 253 g/mol. The highest BCUT2D eigenvalue weighted by Gasteiger charge is 2.27. The molecule has 0 radical (unpaired) electrons. The highest BCUT2D eigenvalue weighted by atomic mass is 15.3. The van der Waals surface area contributed by atoms with Crippen molar-refractivity contribution in [2.75, 3.05) is 13.1 Å². The highest BCUT2D eigenvalue weighted by molar-refractivity contribution is 5.39. The molecule has 1 unspecified atom stereocenters. The van der Waals surface area contributed by atoms with Gasteiger partial charge >= 0.3 is 0 Å². The molecule has 0 spiro atoms. The number of hydrogen-bond donors (Lipinski definition) is 1. The Bertz CT molecular complexity index is 577. The third-order valence-corrected chi connectivity index (χ3v) is 4.31. The lowest BCUT2D eigenvalue weighted by atomic mass is 9.98. The molecule has 19 heavy (non-hydrogen) atoms. The van der Waals surface area contributed by atoms with E-state index < -0.39 is 0 Å². The van der Waals surface area contributed by atoms with Crippen LogP contribution in [0.3, 0.4) is 0 Å². The fourth-order valence-corrected chi connectivity index (χ4v) is 3.07. The molecule has 3 nitrogen and oxygen atoms in total.